The number of halogens is 4. The predicted molar refractivity (Wildman–Crippen MR) is 48.4 cm³/mol. The molecular weight excluding hydrogens is 247 g/mol. The van der Waals surface area contributed by atoms with Gasteiger partial charge in [0, 0.05) is 6.20 Å². The van der Waals surface area contributed by atoms with Gasteiger partial charge in [0.25, 0.3) is 0 Å². The molecule has 1 unspecified atom stereocenters. The van der Waals surface area contributed by atoms with E-state index in [2.05, 4.69) is 21.2 Å². The molecule has 13 heavy (non-hydrogen) atoms. The summed E-state index contributed by atoms with van der Waals surface area (Å²) >= 11 is 2.98. The van der Waals surface area contributed by atoms with Crippen molar-refractivity contribution in [1.82, 2.24) is 5.32 Å². The molecule has 1 atom stereocenters. The topological polar surface area (TPSA) is 12.0 Å². The maximum atomic E-state index is 12.4. The first kappa shape index (κ1) is 10.6. The molecule has 0 saturated heterocycles. The van der Waals surface area contributed by atoms with Crippen LogP contribution in [0.25, 0.3) is 0 Å². The molecule has 1 heterocycles. The maximum absolute atomic E-state index is 12.4. The molecule has 5 heteroatoms. The van der Waals surface area contributed by atoms with Crippen LogP contribution in [0, 0.1) is 0 Å². The van der Waals surface area contributed by atoms with Gasteiger partial charge in [-0.2, -0.15) is 13.2 Å². The molecule has 0 aromatic heterocycles. The van der Waals surface area contributed by atoms with Crippen molar-refractivity contribution in [1.29, 1.82) is 0 Å². The van der Waals surface area contributed by atoms with E-state index in [0.29, 0.717) is 5.57 Å². The van der Waals surface area contributed by atoms with E-state index in [4.69, 9.17) is 0 Å². The zero-order valence-electron chi connectivity index (χ0n) is 7.17. The van der Waals surface area contributed by atoms with Gasteiger partial charge in [-0.05, 0) is 25.5 Å². The van der Waals surface area contributed by atoms with Crippen LogP contribution in [0.15, 0.2) is 23.4 Å². The van der Waals surface area contributed by atoms with Gasteiger partial charge in [-0.1, -0.05) is 15.9 Å². The largest absolute Gasteiger partial charge is 0.415 e. The molecule has 1 aliphatic heterocycles. The van der Waals surface area contributed by atoms with Gasteiger partial charge in [0.2, 0.25) is 0 Å². The fourth-order valence-electron chi connectivity index (χ4n) is 1.08. The molecule has 1 N–H and O–H groups in total. The van der Waals surface area contributed by atoms with Crippen molar-refractivity contribution >= 4 is 15.9 Å². The summed E-state index contributed by atoms with van der Waals surface area (Å²) in [6.45, 7) is 3.04. The highest BCUT2D eigenvalue weighted by molar-refractivity contribution is 9.10. The normalized spacial score (nSPS) is 29.1. The van der Waals surface area contributed by atoms with E-state index >= 15 is 0 Å². The number of dihydropyridines is 1. The molecule has 0 fully saturated rings. The van der Waals surface area contributed by atoms with E-state index in [0.717, 1.165) is 6.08 Å². The van der Waals surface area contributed by atoms with Crippen molar-refractivity contribution in [2.24, 2.45) is 0 Å². The molecule has 1 rings (SSSR count). The zero-order chi connectivity index (χ0) is 10.3. The first-order valence-corrected chi connectivity index (χ1v) is 4.45. The molecule has 0 saturated carbocycles. The van der Waals surface area contributed by atoms with Gasteiger partial charge in [0.15, 0.2) is 0 Å². The summed E-state index contributed by atoms with van der Waals surface area (Å²) in [4.78, 5) is 0. The van der Waals surface area contributed by atoms with E-state index in [9.17, 15) is 13.2 Å². The molecular formula is C8H9BrF3N. The van der Waals surface area contributed by atoms with Crippen molar-refractivity contribution in [3.05, 3.63) is 23.4 Å². The van der Waals surface area contributed by atoms with E-state index in [-0.39, 0.29) is 0 Å². The Labute approximate surface area is 82.8 Å². The molecule has 0 bridgehead atoms. The van der Waals surface area contributed by atoms with Gasteiger partial charge in [-0.25, -0.2) is 0 Å². The molecule has 0 spiro atoms. The second-order valence-electron chi connectivity index (χ2n) is 3.09. The van der Waals surface area contributed by atoms with E-state index in [1.54, 1.807) is 13.1 Å². The maximum Gasteiger partial charge on any atom is 0.415 e. The van der Waals surface area contributed by atoms with E-state index in [1.807, 2.05) is 0 Å². The molecule has 0 aliphatic carbocycles. The number of hydrogen-bond donors (Lipinski definition) is 1. The highest BCUT2D eigenvalue weighted by Gasteiger charge is 2.45. The van der Waals surface area contributed by atoms with E-state index in [1.165, 1.54) is 6.92 Å². The lowest BCUT2D eigenvalue weighted by molar-refractivity contribution is -0.0971. The summed E-state index contributed by atoms with van der Waals surface area (Å²) in [6.07, 6.45) is -1.63. The average molecular weight is 256 g/mol. The average Bonchev–Trinajstić information content (AvgIpc) is 1.92. The van der Waals surface area contributed by atoms with Gasteiger partial charge < -0.3 is 5.32 Å². The number of alkyl halides is 4. The van der Waals surface area contributed by atoms with Crippen LogP contribution in [-0.2, 0) is 0 Å². The Morgan fingerprint density at radius 3 is 2.38 bits per heavy atom. The van der Waals surface area contributed by atoms with Crippen LogP contribution in [0.3, 0.4) is 0 Å². The third-order valence-corrected chi connectivity index (χ3v) is 2.41. The Bertz CT molecular complexity index is 276. The number of allylic oxidation sites excluding steroid dienone is 2. The lowest BCUT2D eigenvalue weighted by atomic mass is 10.0. The highest BCUT2D eigenvalue weighted by Crippen LogP contribution is 2.39. The van der Waals surface area contributed by atoms with Crippen LogP contribution in [-0.4, -0.2) is 10.6 Å². The van der Waals surface area contributed by atoms with Crippen molar-refractivity contribution < 1.29 is 13.2 Å². The van der Waals surface area contributed by atoms with E-state index < -0.39 is 16.2 Å². The predicted octanol–water partition coefficient (Wildman–Crippen LogP) is 3.09. The quantitative estimate of drug-likeness (QED) is 0.518. The van der Waals surface area contributed by atoms with Gasteiger partial charge in [0.1, 0.15) is 4.45 Å². The Balaban J connectivity index is 3.09. The smallest absolute Gasteiger partial charge is 0.373 e. The number of hydrogen-bond acceptors (Lipinski definition) is 1. The molecule has 1 aliphatic rings. The Morgan fingerprint density at radius 2 is 2.00 bits per heavy atom. The number of nitrogens with one attached hydrogen (secondary N) is 1. The van der Waals surface area contributed by atoms with Gasteiger partial charge in [0.05, 0.1) is 5.57 Å². The van der Waals surface area contributed by atoms with Crippen molar-refractivity contribution in [2.75, 3.05) is 0 Å². The van der Waals surface area contributed by atoms with Crippen LogP contribution in [0.5, 0.6) is 0 Å². The molecule has 0 aromatic carbocycles. The summed E-state index contributed by atoms with van der Waals surface area (Å²) < 4.78 is 36.1. The Kier molecular flexibility index (Phi) is 2.49. The Morgan fingerprint density at radius 1 is 1.46 bits per heavy atom. The molecule has 0 amide bonds. The first-order chi connectivity index (χ1) is 5.73. The highest BCUT2D eigenvalue weighted by atomic mass is 79.9. The summed E-state index contributed by atoms with van der Waals surface area (Å²) in [5.41, 5.74) is -0.0516. The summed E-state index contributed by atoms with van der Waals surface area (Å²) in [6, 6.07) is 0. The van der Waals surface area contributed by atoms with Crippen LogP contribution < -0.4 is 5.32 Å². The minimum atomic E-state index is -4.30. The van der Waals surface area contributed by atoms with Crippen LogP contribution >= 0.6 is 15.9 Å². The van der Waals surface area contributed by atoms with Gasteiger partial charge >= 0.3 is 6.18 Å². The fourth-order valence-corrected chi connectivity index (χ4v) is 1.53. The third-order valence-electron chi connectivity index (χ3n) is 1.75. The molecule has 0 radical (unpaired) electrons. The third kappa shape index (κ3) is 2.27. The lowest BCUT2D eigenvalue weighted by Crippen LogP contribution is -2.42. The zero-order valence-corrected chi connectivity index (χ0v) is 8.75. The van der Waals surface area contributed by atoms with Crippen LogP contribution in [0.1, 0.15) is 13.8 Å². The van der Waals surface area contributed by atoms with Crippen molar-refractivity contribution in [2.45, 2.75) is 24.5 Å². The van der Waals surface area contributed by atoms with Crippen LogP contribution in [0.4, 0.5) is 13.2 Å². The monoisotopic (exact) mass is 255 g/mol. The SMILES string of the molecule is CC1=CNC(C)(Br)C(C(F)(F)F)=C1. The lowest BCUT2D eigenvalue weighted by Gasteiger charge is -2.31. The van der Waals surface area contributed by atoms with Gasteiger partial charge in [-0.3, -0.25) is 0 Å². The Hall–Kier alpha value is -0.450. The molecule has 0 aromatic rings. The molecule has 74 valence electrons. The minimum absolute atomic E-state index is 0.559. The van der Waals surface area contributed by atoms with Crippen LogP contribution in [0.2, 0.25) is 0 Å². The minimum Gasteiger partial charge on any atom is -0.373 e. The van der Waals surface area contributed by atoms with Crippen molar-refractivity contribution in [3.8, 4) is 0 Å². The standard InChI is InChI=1S/C8H9BrF3N/c1-5-3-6(8(10,11)12)7(2,9)13-4-5/h3-4,13H,1-2H3. The summed E-state index contributed by atoms with van der Waals surface area (Å²) in [5, 5.41) is 2.63. The first-order valence-electron chi connectivity index (χ1n) is 3.66. The second kappa shape index (κ2) is 3.04. The number of rotatable bonds is 0. The summed E-state index contributed by atoms with van der Waals surface area (Å²) in [7, 11) is 0. The molecule has 1 nitrogen and oxygen atoms in total. The fraction of sp³-hybridized carbons (Fsp3) is 0.500. The van der Waals surface area contributed by atoms with Gasteiger partial charge in [-0.15, -0.1) is 0 Å². The summed E-state index contributed by atoms with van der Waals surface area (Å²) in [5.74, 6) is 0. The van der Waals surface area contributed by atoms with Crippen molar-refractivity contribution in [3.63, 3.8) is 0 Å². The second-order valence-corrected chi connectivity index (χ2v) is 4.68.